The van der Waals surface area contributed by atoms with Crippen LogP contribution in [0.4, 0.5) is 11.4 Å². The van der Waals surface area contributed by atoms with Gasteiger partial charge < -0.3 is 19.7 Å². The summed E-state index contributed by atoms with van der Waals surface area (Å²) < 4.78 is 9.37. The van der Waals surface area contributed by atoms with Crippen LogP contribution in [-0.2, 0) is 9.47 Å². The van der Waals surface area contributed by atoms with Crippen molar-refractivity contribution in [1.29, 1.82) is 0 Å². The lowest BCUT2D eigenvalue weighted by atomic mass is 10.00. The molecule has 8 aromatic rings. The fraction of sp³-hybridized carbons (Fsp3) is 0.0323. The van der Waals surface area contributed by atoms with Crippen molar-refractivity contribution in [2.45, 2.75) is 0 Å². The molecule has 2 N–H and O–H groups in total. The Kier molecular flexibility index (Phi) is 17.1. The maximum Gasteiger partial charge on any atom is 0.337 e. The summed E-state index contributed by atoms with van der Waals surface area (Å²) in [5.41, 5.74) is 8.28. The molecule has 0 aromatic heterocycles. The number of hydrogen-bond acceptors (Lipinski definition) is 10. The Morgan fingerprint density at radius 3 is 0.816 bits per heavy atom. The summed E-state index contributed by atoms with van der Waals surface area (Å²) in [7, 11) is 2.64. The average Bonchev–Trinajstić information content (AvgIpc) is 3.45. The molecule has 0 amide bonds. The molecule has 8 rings (SSSR count). The molecule has 76 heavy (non-hydrogen) atoms. The summed E-state index contributed by atoms with van der Waals surface area (Å²) >= 11 is 0. The standard InChI is InChI=1S/C32H21NO6.C30H17NO6/c1-38-31(34)27-16-9-23(10-17-27)4-3-22-7-14-26(15-8-22)29-20-13-25(21-30(29)33(36)37)6-5-24-11-18-28(19-12-24)32(35)39-2;32-29(33)25-14-7-21(8-15-25)2-1-20-5-12-24(13-6-20)27-18-11-23(19-28(27)31(36)37)4-3-22-9-16-26(17-10-22)30(34)35/h7-21H,1-2H3;5-19H,(H,32,33)(H,34,35). The van der Waals surface area contributed by atoms with Crippen LogP contribution in [-0.4, -0.2) is 58.2 Å². The zero-order chi connectivity index (χ0) is 54.1. The first kappa shape index (κ1) is 52.5. The third-order valence-electron chi connectivity index (χ3n) is 11.1. The molecule has 0 fully saturated rings. The fourth-order valence-corrected chi connectivity index (χ4v) is 7.06. The van der Waals surface area contributed by atoms with Crippen molar-refractivity contribution in [3.05, 3.63) is 269 Å². The molecule has 0 aliphatic carbocycles. The molecule has 0 aliphatic heterocycles. The molecule has 0 unspecified atom stereocenters. The van der Waals surface area contributed by atoms with Gasteiger partial charge in [0.1, 0.15) is 0 Å². The monoisotopic (exact) mass is 1000 g/mol. The number of nitro groups is 2. The number of benzene rings is 8. The van der Waals surface area contributed by atoms with Gasteiger partial charge in [-0.1, -0.05) is 71.6 Å². The molecule has 0 aliphatic rings. The Morgan fingerprint density at radius 1 is 0.355 bits per heavy atom. The van der Waals surface area contributed by atoms with Crippen molar-refractivity contribution in [2.24, 2.45) is 0 Å². The van der Waals surface area contributed by atoms with Crippen LogP contribution in [0.1, 0.15) is 85.9 Å². The lowest BCUT2D eigenvalue weighted by Gasteiger charge is -2.04. The summed E-state index contributed by atoms with van der Waals surface area (Å²) in [6.07, 6.45) is 0. The van der Waals surface area contributed by atoms with E-state index in [4.69, 9.17) is 10.2 Å². The lowest BCUT2D eigenvalue weighted by molar-refractivity contribution is -0.384. The number of nitrogens with zero attached hydrogens (tertiary/aromatic N) is 2. The SMILES string of the molecule is COC(=O)c1ccc(C#Cc2ccc(-c3ccc(C#Cc4ccc(C(=O)OC)cc4)cc3[N+](=O)[O-])cc2)cc1.O=C(O)c1ccc(C#Cc2ccc(-c3ccc(C#Cc4ccc(C(=O)O)cc4)cc3[N+](=O)[O-])cc2)cc1. The molecule has 0 saturated carbocycles. The summed E-state index contributed by atoms with van der Waals surface area (Å²) in [4.78, 5) is 67.7. The van der Waals surface area contributed by atoms with E-state index in [-0.39, 0.29) is 22.5 Å². The predicted octanol–water partition coefficient (Wildman–Crippen LogP) is 11.1. The van der Waals surface area contributed by atoms with Gasteiger partial charge in [-0.15, -0.1) is 0 Å². The van der Waals surface area contributed by atoms with Crippen molar-refractivity contribution in [3.63, 3.8) is 0 Å². The van der Waals surface area contributed by atoms with Crippen molar-refractivity contribution >= 4 is 35.3 Å². The van der Waals surface area contributed by atoms with Gasteiger partial charge >= 0.3 is 23.9 Å². The van der Waals surface area contributed by atoms with E-state index in [2.05, 4.69) is 56.8 Å². The second-order valence-corrected chi connectivity index (χ2v) is 16.0. The Hall–Kier alpha value is -11.3. The van der Waals surface area contributed by atoms with Crippen molar-refractivity contribution in [2.75, 3.05) is 14.2 Å². The first-order valence-electron chi connectivity index (χ1n) is 22.6. The minimum Gasteiger partial charge on any atom is -0.478 e. The molecule has 0 radical (unpaired) electrons. The van der Waals surface area contributed by atoms with Crippen LogP contribution in [0.3, 0.4) is 0 Å². The summed E-state index contributed by atoms with van der Waals surface area (Å²) in [5.74, 6) is 20.8. The number of methoxy groups -OCH3 is 2. The minimum absolute atomic E-state index is 0.0626. The lowest BCUT2D eigenvalue weighted by Crippen LogP contribution is -2.00. The van der Waals surface area contributed by atoms with Gasteiger partial charge in [0.25, 0.3) is 11.4 Å². The van der Waals surface area contributed by atoms with E-state index in [1.165, 1.54) is 50.6 Å². The molecule has 368 valence electrons. The van der Waals surface area contributed by atoms with Crippen LogP contribution in [0.5, 0.6) is 0 Å². The quantitative estimate of drug-likeness (QED) is 0.0630. The number of rotatable bonds is 8. The third-order valence-corrected chi connectivity index (χ3v) is 11.1. The van der Waals surface area contributed by atoms with Gasteiger partial charge in [0.15, 0.2) is 0 Å². The van der Waals surface area contributed by atoms with Crippen LogP contribution in [0.25, 0.3) is 22.3 Å². The van der Waals surface area contributed by atoms with E-state index in [9.17, 15) is 39.4 Å². The molecule has 8 aromatic carbocycles. The van der Waals surface area contributed by atoms with Gasteiger partial charge in [0.2, 0.25) is 0 Å². The zero-order valence-corrected chi connectivity index (χ0v) is 40.2. The number of nitro benzene ring substituents is 2. The van der Waals surface area contributed by atoms with Crippen molar-refractivity contribution in [1.82, 2.24) is 0 Å². The second-order valence-electron chi connectivity index (χ2n) is 16.0. The Balaban J connectivity index is 0.000000221. The number of ether oxygens (including phenoxy) is 2. The van der Waals surface area contributed by atoms with Gasteiger partial charge in [-0.25, -0.2) is 19.2 Å². The van der Waals surface area contributed by atoms with E-state index in [1.807, 2.05) is 0 Å². The number of carbonyl (C=O) groups is 4. The molecule has 14 heteroatoms. The predicted molar refractivity (Wildman–Crippen MR) is 283 cm³/mol. The van der Waals surface area contributed by atoms with E-state index in [0.717, 1.165) is 11.1 Å². The van der Waals surface area contributed by atoms with Crippen molar-refractivity contribution in [3.8, 4) is 69.6 Å². The number of carboxylic acids is 2. The van der Waals surface area contributed by atoms with Gasteiger partial charge in [0, 0.05) is 56.6 Å². The van der Waals surface area contributed by atoms with Crippen molar-refractivity contribution < 1.29 is 48.7 Å². The van der Waals surface area contributed by atoms with Crippen LogP contribution < -0.4 is 0 Å². The van der Waals surface area contributed by atoms with E-state index in [1.54, 1.807) is 146 Å². The number of carboxylic acid groups (broad SMARTS) is 2. The molecular weight excluding hydrogens is 965 g/mol. The van der Waals surface area contributed by atoms with Crippen LogP contribution >= 0.6 is 0 Å². The fourth-order valence-electron chi connectivity index (χ4n) is 7.06. The Labute approximate surface area is 435 Å². The van der Waals surface area contributed by atoms with E-state index < -0.39 is 33.7 Å². The van der Waals surface area contributed by atoms with Crippen LogP contribution in [0.15, 0.2) is 182 Å². The Bertz CT molecular complexity index is 3800. The summed E-state index contributed by atoms with van der Waals surface area (Å²) in [5, 5.41) is 41.5. The smallest absolute Gasteiger partial charge is 0.337 e. The highest BCUT2D eigenvalue weighted by atomic mass is 16.6. The first-order chi connectivity index (χ1) is 36.7. The largest absolute Gasteiger partial charge is 0.478 e. The topological polar surface area (TPSA) is 213 Å². The number of esters is 2. The molecule has 0 spiro atoms. The van der Waals surface area contributed by atoms with Crippen LogP contribution in [0, 0.1) is 67.6 Å². The highest BCUT2D eigenvalue weighted by Crippen LogP contribution is 2.32. The number of hydrogen-bond donors (Lipinski definition) is 2. The van der Waals surface area contributed by atoms with Gasteiger partial charge in [-0.05, 0) is 157 Å². The molecule has 0 saturated heterocycles. The van der Waals surface area contributed by atoms with E-state index >= 15 is 0 Å². The van der Waals surface area contributed by atoms with Gasteiger partial charge in [-0.3, -0.25) is 20.2 Å². The number of aromatic carboxylic acids is 2. The second kappa shape index (κ2) is 24.7. The number of carbonyl (C=O) groups excluding carboxylic acids is 2. The highest BCUT2D eigenvalue weighted by molar-refractivity contribution is 5.90. The van der Waals surface area contributed by atoms with Gasteiger partial charge in [0.05, 0.1) is 57.4 Å². The van der Waals surface area contributed by atoms with Crippen LogP contribution in [0.2, 0.25) is 0 Å². The summed E-state index contributed by atoms with van der Waals surface area (Å²) in [6.45, 7) is 0. The maximum atomic E-state index is 11.8. The Morgan fingerprint density at radius 2 is 0.579 bits per heavy atom. The molecular formula is C62H38N2O12. The third kappa shape index (κ3) is 14.0. The average molecular weight is 1000 g/mol. The molecule has 0 heterocycles. The molecule has 14 nitrogen and oxygen atoms in total. The van der Waals surface area contributed by atoms with E-state index in [0.29, 0.717) is 66.8 Å². The minimum atomic E-state index is -1.03. The van der Waals surface area contributed by atoms with Gasteiger partial charge in [-0.2, -0.15) is 0 Å². The highest BCUT2D eigenvalue weighted by Gasteiger charge is 2.18. The maximum absolute atomic E-state index is 11.8. The molecule has 0 atom stereocenters. The molecule has 0 bridgehead atoms. The summed E-state index contributed by atoms with van der Waals surface area (Å²) in [6, 6.07) is 49.3. The zero-order valence-electron chi connectivity index (χ0n) is 40.2. The first-order valence-corrected chi connectivity index (χ1v) is 22.6. The normalized spacial score (nSPS) is 9.82.